The highest BCUT2D eigenvalue weighted by atomic mass is 35.5. The van der Waals surface area contributed by atoms with Gasteiger partial charge in [-0.3, -0.25) is 0 Å². The number of hydrogen-bond donors (Lipinski definition) is 0. The molecule has 3 nitrogen and oxygen atoms in total. The molecule has 1 unspecified atom stereocenters. The van der Waals surface area contributed by atoms with Crippen molar-refractivity contribution in [1.29, 1.82) is 0 Å². The highest BCUT2D eigenvalue weighted by Crippen LogP contribution is 2.40. The van der Waals surface area contributed by atoms with E-state index in [4.69, 9.17) is 20.9 Å². The van der Waals surface area contributed by atoms with Crippen LogP contribution >= 0.6 is 11.6 Å². The van der Waals surface area contributed by atoms with Gasteiger partial charge in [-0.1, -0.05) is 28.9 Å². The summed E-state index contributed by atoms with van der Waals surface area (Å²) in [5.41, 5.74) is 0.0659. The van der Waals surface area contributed by atoms with E-state index < -0.39 is 11.7 Å². The molecular weight excluding hydrogens is 283 g/mol. The summed E-state index contributed by atoms with van der Waals surface area (Å²) in [6, 6.07) is 4.58. The molecule has 1 aromatic heterocycles. The van der Waals surface area contributed by atoms with Crippen molar-refractivity contribution in [1.82, 2.24) is 5.16 Å². The van der Waals surface area contributed by atoms with Crippen LogP contribution in [0.1, 0.15) is 17.4 Å². The zero-order chi connectivity index (χ0) is 13.6. The highest BCUT2D eigenvalue weighted by molar-refractivity contribution is 6.33. The van der Waals surface area contributed by atoms with E-state index in [1.807, 2.05) is 0 Å². The molecule has 1 aliphatic heterocycles. The van der Waals surface area contributed by atoms with Crippen LogP contribution in [0.25, 0.3) is 11.3 Å². The lowest BCUT2D eigenvalue weighted by Crippen LogP contribution is -2.04. The van der Waals surface area contributed by atoms with Crippen LogP contribution in [-0.4, -0.2) is 11.8 Å². The molecule has 0 spiro atoms. The smallest absolute Gasteiger partial charge is 0.364 e. The van der Waals surface area contributed by atoms with E-state index in [-0.39, 0.29) is 11.1 Å². The van der Waals surface area contributed by atoms with E-state index in [2.05, 4.69) is 5.16 Å². The third-order valence-electron chi connectivity index (χ3n) is 2.77. The minimum Gasteiger partial charge on any atom is -0.364 e. The largest absolute Gasteiger partial charge is 0.416 e. The second kappa shape index (κ2) is 4.25. The molecule has 3 rings (SSSR count). The summed E-state index contributed by atoms with van der Waals surface area (Å²) in [6.45, 7) is 0.515. The first-order chi connectivity index (χ1) is 8.97. The van der Waals surface area contributed by atoms with Crippen molar-refractivity contribution in [2.45, 2.75) is 12.3 Å². The number of ether oxygens (including phenoxy) is 1. The number of benzene rings is 1. The molecule has 19 heavy (non-hydrogen) atoms. The van der Waals surface area contributed by atoms with Gasteiger partial charge in [0, 0.05) is 5.56 Å². The molecule has 1 aliphatic rings. The zero-order valence-electron chi connectivity index (χ0n) is 9.37. The summed E-state index contributed by atoms with van der Waals surface area (Å²) in [6.07, 6.45) is -4.55. The molecule has 0 aliphatic carbocycles. The van der Waals surface area contributed by atoms with Crippen LogP contribution in [-0.2, 0) is 10.9 Å². The molecule has 1 aromatic carbocycles. The van der Waals surface area contributed by atoms with Crippen molar-refractivity contribution in [3.63, 3.8) is 0 Å². The fraction of sp³-hybridized carbons (Fsp3) is 0.250. The lowest BCUT2D eigenvalue weighted by Gasteiger charge is -2.06. The Balaban J connectivity index is 1.94. The molecule has 0 bridgehead atoms. The first-order valence-corrected chi connectivity index (χ1v) is 5.79. The van der Waals surface area contributed by atoms with Gasteiger partial charge in [-0.25, -0.2) is 0 Å². The third kappa shape index (κ3) is 2.33. The van der Waals surface area contributed by atoms with Crippen LogP contribution in [0, 0.1) is 0 Å². The summed E-state index contributed by atoms with van der Waals surface area (Å²) in [4.78, 5) is 0. The molecule has 1 fully saturated rings. The van der Waals surface area contributed by atoms with Crippen molar-refractivity contribution in [2.75, 3.05) is 6.61 Å². The monoisotopic (exact) mass is 289 g/mol. The Morgan fingerprint density at radius 2 is 1.84 bits per heavy atom. The van der Waals surface area contributed by atoms with E-state index >= 15 is 0 Å². The maximum atomic E-state index is 12.4. The quantitative estimate of drug-likeness (QED) is 0.782. The zero-order valence-corrected chi connectivity index (χ0v) is 10.1. The lowest BCUT2D eigenvalue weighted by atomic mass is 10.1. The minimum absolute atomic E-state index is 0.191. The van der Waals surface area contributed by atoms with Gasteiger partial charge in [-0.15, -0.1) is 0 Å². The number of rotatable bonds is 2. The van der Waals surface area contributed by atoms with Gasteiger partial charge in [-0.05, 0) is 12.1 Å². The van der Waals surface area contributed by atoms with E-state index in [0.29, 0.717) is 23.6 Å². The van der Waals surface area contributed by atoms with Crippen molar-refractivity contribution in [3.05, 3.63) is 40.6 Å². The molecule has 2 aromatic rings. The third-order valence-corrected chi connectivity index (χ3v) is 3.14. The topological polar surface area (TPSA) is 38.6 Å². The highest BCUT2D eigenvalue weighted by Gasteiger charge is 2.34. The normalized spacial score (nSPS) is 18.6. The van der Waals surface area contributed by atoms with Crippen LogP contribution in [0.15, 0.2) is 28.8 Å². The van der Waals surface area contributed by atoms with Crippen LogP contribution in [0.2, 0.25) is 5.02 Å². The molecule has 0 saturated carbocycles. The second-order valence-corrected chi connectivity index (χ2v) is 4.48. The van der Waals surface area contributed by atoms with Crippen LogP contribution in [0.4, 0.5) is 13.2 Å². The number of alkyl halides is 3. The lowest BCUT2D eigenvalue weighted by molar-refractivity contribution is -0.137. The molecule has 100 valence electrons. The molecule has 0 N–H and O–H groups in total. The maximum absolute atomic E-state index is 12.4. The number of nitrogens with zero attached hydrogens (tertiary/aromatic N) is 1. The summed E-state index contributed by atoms with van der Waals surface area (Å²) in [7, 11) is 0. The minimum atomic E-state index is -4.36. The molecule has 1 saturated heterocycles. The van der Waals surface area contributed by atoms with Crippen LogP contribution in [0.5, 0.6) is 0 Å². The molecule has 7 heteroatoms. The fourth-order valence-electron chi connectivity index (χ4n) is 1.69. The Kier molecular flexibility index (Phi) is 2.79. The first-order valence-electron chi connectivity index (χ1n) is 5.41. The molecule has 0 radical (unpaired) electrons. The Labute approximate surface area is 110 Å². The average molecular weight is 290 g/mol. The van der Waals surface area contributed by atoms with Gasteiger partial charge in [0.05, 0.1) is 12.2 Å². The van der Waals surface area contributed by atoms with Crippen molar-refractivity contribution < 1.29 is 22.4 Å². The summed E-state index contributed by atoms with van der Waals surface area (Å²) in [5, 5.41) is 4.05. The predicted octanol–water partition coefficient (Wildman–Crippen LogP) is 4.09. The van der Waals surface area contributed by atoms with E-state index in [1.54, 1.807) is 0 Å². The second-order valence-electron chi connectivity index (χ2n) is 4.11. The summed E-state index contributed by atoms with van der Waals surface area (Å²) < 4.78 is 47.4. The van der Waals surface area contributed by atoms with Gasteiger partial charge < -0.3 is 9.26 Å². The van der Waals surface area contributed by atoms with Crippen LogP contribution in [0.3, 0.4) is 0 Å². The van der Waals surface area contributed by atoms with Gasteiger partial charge >= 0.3 is 6.18 Å². The summed E-state index contributed by atoms with van der Waals surface area (Å²) >= 11 is 6.07. The predicted molar refractivity (Wildman–Crippen MR) is 60.6 cm³/mol. The Morgan fingerprint density at radius 1 is 1.21 bits per heavy atom. The van der Waals surface area contributed by atoms with Gasteiger partial charge in [0.15, 0.2) is 5.76 Å². The van der Waals surface area contributed by atoms with Crippen LogP contribution < -0.4 is 0 Å². The van der Waals surface area contributed by atoms with Crippen molar-refractivity contribution >= 4 is 11.6 Å². The van der Waals surface area contributed by atoms with E-state index in [1.165, 1.54) is 12.1 Å². The standard InChI is InChI=1S/C12H7ClF3NO2/c13-9-10(17-19-11(9)8-5-18-8)6-1-3-7(4-2-6)12(14,15)16/h1-4,8H,5H2. The Hall–Kier alpha value is -1.53. The fourth-order valence-corrected chi connectivity index (χ4v) is 1.99. The van der Waals surface area contributed by atoms with Crippen molar-refractivity contribution in [2.24, 2.45) is 0 Å². The Bertz CT molecular complexity index is 602. The van der Waals surface area contributed by atoms with Gasteiger partial charge in [0.1, 0.15) is 16.8 Å². The molecule has 0 amide bonds. The van der Waals surface area contributed by atoms with E-state index in [0.717, 1.165) is 12.1 Å². The number of epoxide rings is 1. The van der Waals surface area contributed by atoms with E-state index in [9.17, 15) is 13.2 Å². The number of hydrogen-bond acceptors (Lipinski definition) is 3. The molecule has 2 heterocycles. The molecule has 1 atom stereocenters. The van der Waals surface area contributed by atoms with Gasteiger partial charge in [-0.2, -0.15) is 13.2 Å². The summed E-state index contributed by atoms with van der Waals surface area (Å²) in [5.74, 6) is 0.413. The number of aromatic nitrogens is 1. The first kappa shape index (κ1) is 12.5. The number of halogens is 4. The molecular formula is C12H7ClF3NO2. The average Bonchev–Trinajstić information content (AvgIpc) is 3.12. The Morgan fingerprint density at radius 3 is 2.37 bits per heavy atom. The SMILES string of the molecule is FC(F)(F)c1ccc(-c2noc(C3CO3)c2Cl)cc1. The van der Waals surface area contributed by atoms with Gasteiger partial charge in [0.2, 0.25) is 0 Å². The van der Waals surface area contributed by atoms with Gasteiger partial charge in [0.25, 0.3) is 0 Å². The van der Waals surface area contributed by atoms with Crippen molar-refractivity contribution in [3.8, 4) is 11.3 Å². The maximum Gasteiger partial charge on any atom is 0.416 e.